The van der Waals surface area contributed by atoms with E-state index in [1.165, 1.54) is 15.3 Å². The van der Waals surface area contributed by atoms with Crippen LogP contribution in [0.3, 0.4) is 0 Å². The number of carbonyl (C=O) groups excluding carboxylic acids is 1. The monoisotopic (exact) mass is 710 g/mol. The molecular weight excluding hydrogens is 672 g/mol. The van der Waals surface area contributed by atoms with Gasteiger partial charge in [-0.15, -0.1) is 11.3 Å². The largest absolute Gasteiger partial charge is 0.444 e. The van der Waals surface area contributed by atoms with E-state index in [1.807, 2.05) is 49.9 Å². The molecule has 1 unspecified atom stereocenters. The number of amides is 1. The van der Waals surface area contributed by atoms with E-state index in [1.54, 1.807) is 42.6 Å². The Balaban J connectivity index is 1.16. The molecule has 11 nitrogen and oxygen atoms in total. The molecule has 2 fully saturated rings. The minimum absolute atomic E-state index is 0.0448. The summed E-state index contributed by atoms with van der Waals surface area (Å²) in [7, 11) is -4.12. The number of hydrogen-bond acceptors (Lipinski definition) is 9. The first kappa shape index (κ1) is 33.0. The quantitative estimate of drug-likeness (QED) is 0.230. The van der Waals surface area contributed by atoms with Gasteiger partial charge in [0, 0.05) is 53.2 Å². The lowest BCUT2D eigenvalue weighted by atomic mass is 9.81. The van der Waals surface area contributed by atoms with Crippen molar-refractivity contribution in [1.82, 2.24) is 28.6 Å². The minimum Gasteiger partial charge on any atom is -0.444 e. The van der Waals surface area contributed by atoms with Crippen molar-refractivity contribution in [3.8, 4) is 11.3 Å². The highest BCUT2D eigenvalue weighted by atomic mass is 35.5. The van der Waals surface area contributed by atoms with Crippen LogP contribution in [0.5, 0.6) is 0 Å². The van der Waals surface area contributed by atoms with E-state index in [4.69, 9.17) is 16.3 Å². The molecule has 254 valence electrons. The Labute approximate surface area is 288 Å². The highest BCUT2D eigenvalue weighted by Gasteiger charge is 2.44. The van der Waals surface area contributed by atoms with Crippen LogP contribution >= 0.6 is 22.9 Å². The molecule has 1 saturated carbocycles. The van der Waals surface area contributed by atoms with Crippen LogP contribution in [0.25, 0.3) is 27.9 Å². The highest BCUT2D eigenvalue weighted by molar-refractivity contribution is 7.91. The highest BCUT2D eigenvalue weighted by Crippen LogP contribution is 2.46. The minimum atomic E-state index is -4.12. The molecule has 2 aliphatic carbocycles. The third kappa shape index (κ3) is 5.78. The molecule has 7 rings (SSSR count). The van der Waals surface area contributed by atoms with Crippen LogP contribution in [0, 0.1) is 0 Å². The summed E-state index contributed by atoms with van der Waals surface area (Å²) in [5.41, 5.74) is 0.706. The zero-order valence-electron chi connectivity index (χ0n) is 27.4. The molecule has 48 heavy (non-hydrogen) atoms. The van der Waals surface area contributed by atoms with Gasteiger partial charge in [0.25, 0.3) is 0 Å². The molecule has 5 heterocycles. The van der Waals surface area contributed by atoms with Gasteiger partial charge in [0.2, 0.25) is 10.0 Å². The number of aromatic nitrogens is 5. The van der Waals surface area contributed by atoms with Gasteiger partial charge in [-0.25, -0.2) is 27.2 Å². The average molecular weight is 711 g/mol. The van der Waals surface area contributed by atoms with E-state index in [0.717, 1.165) is 11.3 Å². The lowest BCUT2D eigenvalue weighted by Crippen LogP contribution is -2.42. The Bertz CT molecular complexity index is 2060. The van der Waals surface area contributed by atoms with E-state index in [9.17, 15) is 18.3 Å². The van der Waals surface area contributed by atoms with Gasteiger partial charge in [-0.1, -0.05) is 17.7 Å². The Kier molecular flexibility index (Phi) is 8.12. The SMILES string of the molecule is CC(C)(C)OC(=O)N1CCC(n2cc(-c3cc4cccnc4n3S(=O)(=O)C3(C)C=C(Cl)C(c4cnc(C5(O)CCC5)s4)=CC3)cn2)CC1. The number of rotatable bonds is 6. The normalized spacial score (nSPS) is 21.9. The molecule has 1 amide bonds. The zero-order chi connectivity index (χ0) is 34.1. The van der Waals surface area contributed by atoms with Crippen molar-refractivity contribution in [3.05, 3.63) is 70.1 Å². The maximum atomic E-state index is 14.7. The second-order valence-electron chi connectivity index (χ2n) is 14.2. The predicted molar refractivity (Wildman–Crippen MR) is 186 cm³/mol. The van der Waals surface area contributed by atoms with Gasteiger partial charge >= 0.3 is 6.09 Å². The molecule has 0 aromatic carbocycles. The Morgan fingerprint density at radius 3 is 2.58 bits per heavy atom. The van der Waals surface area contributed by atoms with Crippen molar-refractivity contribution in [1.29, 1.82) is 0 Å². The molecule has 0 bridgehead atoms. The van der Waals surface area contributed by atoms with Crippen LogP contribution in [0.4, 0.5) is 4.79 Å². The first-order valence-corrected chi connectivity index (χ1v) is 18.8. The number of thiazole rings is 1. The van der Waals surface area contributed by atoms with Crippen LogP contribution in [-0.2, 0) is 20.4 Å². The van der Waals surface area contributed by atoms with Gasteiger partial charge in [-0.05, 0) is 90.5 Å². The fourth-order valence-electron chi connectivity index (χ4n) is 6.52. The first-order valence-electron chi connectivity index (χ1n) is 16.2. The average Bonchev–Trinajstić information content (AvgIpc) is 3.78. The fourth-order valence-corrected chi connectivity index (χ4v) is 9.95. The van der Waals surface area contributed by atoms with E-state index < -0.39 is 26.0 Å². The van der Waals surface area contributed by atoms with E-state index in [2.05, 4.69) is 15.1 Å². The standard InChI is InChI=1S/C34H39ClN6O5S2/c1-32(2,3)46-31(42)39-15-9-24(10-16-39)40-21-23(19-38-40)27-17-22-7-5-14-36-29(22)41(27)48(44,45)33(4)13-8-25(26(35)18-33)28-20-37-30(47-28)34(43)11-6-12-34/h5,7-8,14,17-21,24,43H,6,9-13,15-16H2,1-4H3. The van der Waals surface area contributed by atoms with Gasteiger partial charge < -0.3 is 14.7 Å². The molecule has 4 aromatic heterocycles. The van der Waals surface area contributed by atoms with Crippen LogP contribution in [0.2, 0.25) is 0 Å². The topological polar surface area (TPSA) is 132 Å². The van der Waals surface area contributed by atoms with E-state index >= 15 is 0 Å². The summed E-state index contributed by atoms with van der Waals surface area (Å²) in [5, 5.41) is 17.1. The number of halogens is 1. The number of fused-ring (bicyclic) bond motifs is 1. The summed E-state index contributed by atoms with van der Waals surface area (Å²) >= 11 is 8.24. The van der Waals surface area contributed by atoms with Crippen molar-refractivity contribution in [3.63, 3.8) is 0 Å². The summed E-state index contributed by atoms with van der Waals surface area (Å²) in [4.78, 5) is 24.0. The number of carbonyl (C=O) groups is 1. The smallest absolute Gasteiger partial charge is 0.410 e. The van der Waals surface area contributed by atoms with Crippen molar-refractivity contribution in [2.45, 2.75) is 88.2 Å². The Hall–Kier alpha value is -3.52. The van der Waals surface area contributed by atoms with Crippen LogP contribution < -0.4 is 0 Å². The third-order valence-corrected chi connectivity index (χ3v) is 13.3. The van der Waals surface area contributed by atoms with Crippen molar-refractivity contribution in [2.24, 2.45) is 0 Å². The van der Waals surface area contributed by atoms with Crippen LogP contribution in [0.15, 0.2) is 60.2 Å². The first-order chi connectivity index (χ1) is 22.7. The number of allylic oxidation sites excluding steroid dienone is 3. The number of aliphatic hydroxyl groups is 1. The summed E-state index contributed by atoms with van der Waals surface area (Å²) in [6, 6.07) is 5.50. The van der Waals surface area contributed by atoms with E-state index in [0.29, 0.717) is 76.7 Å². The lowest BCUT2D eigenvalue weighted by Gasteiger charge is -2.34. The number of ether oxygens (including phenoxy) is 1. The molecule has 1 N–H and O–H groups in total. The summed E-state index contributed by atoms with van der Waals surface area (Å²) in [5.74, 6) is 0. The van der Waals surface area contributed by atoms with Gasteiger partial charge in [-0.2, -0.15) is 5.10 Å². The molecule has 1 saturated heterocycles. The summed E-state index contributed by atoms with van der Waals surface area (Å²) < 4.78 is 36.8. The van der Waals surface area contributed by atoms with Gasteiger partial charge in [0.15, 0.2) is 5.65 Å². The number of likely N-dealkylation sites (tertiary alicyclic amines) is 1. The Morgan fingerprint density at radius 2 is 1.92 bits per heavy atom. The molecule has 0 spiro atoms. The number of pyridine rings is 1. The van der Waals surface area contributed by atoms with Gasteiger partial charge in [-0.3, -0.25) is 4.68 Å². The summed E-state index contributed by atoms with van der Waals surface area (Å²) in [6.07, 6.45) is 13.9. The van der Waals surface area contributed by atoms with E-state index in [-0.39, 0.29) is 18.6 Å². The molecular formula is C34H39ClN6O5S2. The number of hydrogen-bond donors (Lipinski definition) is 1. The summed E-state index contributed by atoms with van der Waals surface area (Å²) in [6.45, 7) is 8.31. The van der Waals surface area contributed by atoms with Crippen molar-refractivity contribution < 1.29 is 23.1 Å². The van der Waals surface area contributed by atoms with Crippen molar-refractivity contribution in [2.75, 3.05) is 13.1 Å². The zero-order valence-corrected chi connectivity index (χ0v) is 29.8. The fraction of sp³-hybridized carbons (Fsp3) is 0.471. The molecule has 1 aliphatic heterocycles. The third-order valence-electron chi connectivity index (χ3n) is 9.49. The Morgan fingerprint density at radius 1 is 1.17 bits per heavy atom. The molecule has 1 atom stereocenters. The second-order valence-corrected chi connectivity index (χ2v) is 17.9. The molecule has 4 aromatic rings. The lowest BCUT2D eigenvalue weighted by molar-refractivity contribution is -0.0389. The predicted octanol–water partition coefficient (Wildman–Crippen LogP) is 6.85. The van der Waals surface area contributed by atoms with Gasteiger partial charge in [0.1, 0.15) is 21.0 Å². The van der Waals surface area contributed by atoms with Crippen molar-refractivity contribution >= 4 is 55.7 Å². The van der Waals surface area contributed by atoms with Gasteiger partial charge in [0.05, 0.1) is 22.8 Å². The molecule has 0 radical (unpaired) electrons. The maximum Gasteiger partial charge on any atom is 0.410 e. The van der Waals surface area contributed by atoms with Crippen LogP contribution in [0.1, 0.15) is 82.1 Å². The number of piperidine rings is 1. The molecule has 14 heteroatoms. The number of nitrogens with zero attached hydrogens (tertiary/aromatic N) is 6. The maximum absolute atomic E-state index is 14.7. The second kappa shape index (κ2) is 11.8. The van der Waals surface area contributed by atoms with Crippen LogP contribution in [-0.4, -0.2) is 71.7 Å². The molecule has 3 aliphatic rings.